The lowest BCUT2D eigenvalue weighted by Gasteiger charge is -2.11. The first kappa shape index (κ1) is 12.2. The van der Waals surface area contributed by atoms with Crippen LogP contribution in [0.1, 0.15) is 28.7 Å². The summed E-state index contributed by atoms with van der Waals surface area (Å²) in [6.45, 7) is 2.60. The standard InChI is InChI=1S/C17H18FN/c1-12-4-2-7-16(18)17(12)19-11-13-8-9-14-5-3-6-15(14)10-13/h2,4,7-10,19H,3,5-6,11H2,1H3. The second kappa shape index (κ2) is 5.04. The SMILES string of the molecule is Cc1cccc(F)c1NCc1ccc2c(c1)CCC2. The molecule has 0 aliphatic heterocycles. The molecule has 0 spiro atoms. The van der Waals surface area contributed by atoms with Crippen molar-refractivity contribution in [3.63, 3.8) is 0 Å². The highest BCUT2D eigenvalue weighted by atomic mass is 19.1. The molecule has 0 amide bonds. The topological polar surface area (TPSA) is 12.0 Å². The maximum Gasteiger partial charge on any atom is 0.146 e. The van der Waals surface area contributed by atoms with Crippen molar-refractivity contribution in [2.45, 2.75) is 32.7 Å². The van der Waals surface area contributed by atoms with Crippen LogP contribution in [0.5, 0.6) is 0 Å². The Balaban J connectivity index is 1.76. The van der Waals surface area contributed by atoms with Crippen LogP contribution in [0.2, 0.25) is 0 Å². The number of nitrogens with one attached hydrogen (secondary N) is 1. The number of rotatable bonds is 3. The maximum absolute atomic E-state index is 13.7. The zero-order chi connectivity index (χ0) is 13.2. The number of halogens is 1. The van der Waals surface area contributed by atoms with E-state index in [1.807, 2.05) is 13.0 Å². The molecule has 0 bridgehead atoms. The fraction of sp³-hybridized carbons (Fsp3) is 0.294. The summed E-state index contributed by atoms with van der Waals surface area (Å²) >= 11 is 0. The van der Waals surface area contributed by atoms with Gasteiger partial charge in [-0.25, -0.2) is 4.39 Å². The number of para-hydroxylation sites is 1. The van der Waals surface area contributed by atoms with E-state index >= 15 is 0 Å². The summed E-state index contributed by atoms with van der Waals surface area (Å²) < 4.78 is 13.7. The molecule has 0 saturated heterocycles. The summed E-state index contributed by atoms with van der Waals surface area (Å²) in [6, 6.07) is 11.8. The van der Waals surface area contributed by atoms with Gasteiger partial charge >= 0.3 is 0 Å². The minimum absolute atomic E-state index is 0.179. The molecule has 98 valence electrons. The van der Waals surface area contributed by atoms with Crippen LogP contribution in [-0.2, 0) is 19.4 Å². The quantitative estimate of drug-likeness (QED) is 0.865. The van der Waals surface area contributed by atoms with E-state index < -0.39 is 0 Å². The second-order valence-corrected chi connectivity index (χ2v) is 5.24. The van der Waals surface area contributed by atoms with Gasteiger partial charge in [0.05, 0.1) is 5.69 Å². The van der Waals surface area contributed by atoms with Crippen LogP contribution >= 0.6 is 0 Å². The zero-order valence-electron chi connectivity index (χ0n) is 11.2. The van der Waals surface area contributed by atoms with Crippen LogP contribution in [0.15, 0.2) is 36.4 Å². The van der Waals surface area contributed by atoms with Crippen molar-refractivity contribution in [1.29, 1.82) is 0 Å². The van der Waals surface area contributed by atoms with Crippen LogP contribution in [0.4, 0.5) is 10.1 Å². The molecule has 1 aliphatic carbocycles. The number of hydrogen-bond acceptors (Lipinski definition) is 1. The molecular weight excluding hydrogens is 237 g/mol. The van der Waals surface area contributed by atoms with Crippen LogP contribution in [0.25, 0.3) is 0 Å². The predicted octanol–water partition coefficient (Wildman–Crippen LogP) is 4.23. The highest BCUT2D eigenvalue weighted by Crippen LogP contribution is 2.24. The second-order valence-electron chi connectivity index (χ2n) is 5.24. The molecule has 1 aliphatic rings. The van der Waals surface area contributed by atoms with E-state index in [-0.39, 0.29) is 5.82 Å². The minimum atomic E-state index is -0.179. The first-order valence-electron chi connectivity index (χ1n) is 6.84. The molecule has 0 atom stereocenters. The first-order valence-corrected chi connectivity index (χ1v) is 6.84. The van der Waals surface area contributed by atoms with Gasteiger partial charge in [0.25, 0.3) is 0 Å². The van der Waals surface area contributed by atoms with Crippen molar-refractivity contribution in [3.8, 4) is 0 Å². The summed E-state index contributed by atoms with van der Waals surface area (Å²) in [5, 5.41) is 3.21. The van der Waals surface area contributed by atoms with Crippen molar-refractivity contribution < 1.29 is 4.39 Å². The van der Waals surface area contributed by atoms with Gasteiger partial charge in [0.15, 0.2) is 0 Å². The number of benzene rings is 2. The number of aryl methyl sites for hydroxylation is 3. The Kier molecular flexibility index (Phi) is 3.24. The molecule has 3 rings (SSSR count). The van der Waals surface area contributed by atoms with E-state index in [4.69, 9.17) is 0 Å². The molecule has 0 aromatic heterocycles. The molecule has 1 nitrogen and oxygen atoms in total. The molecule has 0 fully saturated rings. The Hall–Kier alpha value is -1.83. The summed E-state index contributed by atoms with van der Waals surface area (Å²) in [5.74, 6) is -0.179. The van der Waals surface area contributed by atoms with E-state index in [2.05, 4.69) is 23.5 Å². The van der Waals surface area contributed by atoms with E-state index in [1.54, 1.807) is 6.07 Å². The fourth-order valence-corrected chi connectivity index (χ4v) is 2.78. The van der Waals surface area contributed by atoms with E-state index in [1.165, 1.54) is 42.0 Å². The largest absolute Gasteiger partial charge is 0.378 e. The van der Waals surface area contributed by atoms with E-state index in [9.17, 15) is 4.39 Å². The summed E-state index contributed by atoms with van der Waals surface area (Å²) in [6.07, 6.45) is 3.65. The van der Waals surface area contributed by atoms with Gasteiger partial charge in [-0.2, -0.15) is 0 Å². The Morgan fingerprint density at radius 1 is 1.11 bits per heavy atom. The van der Waals surface area contributed by atoms with Crippen LogP contribution in [-0.4, -0.2) is 0 Å². The monoisotopic (exact) mass is 255 g/mol. The minimum Gasteiger partial charge on any atom is -0.378 e. The maximum atomic E-state index is 13.7. The molecule has 0 unspecified atom stereocenters. The van der Waals surface area contributed by atoms with Gasteiger partial charge in [-0.15, -0.1) is 0 Å². The lowest BCUT2D eigenvalue weighted by molar-refractivity contribution is 0.629. The van der Waals surface area contributed by atoms with Gasteiger partial charge in [-0.3, -0.25) is 0 Å². The van der Waals surface area contributed by atoms with Gasteiger partial charge in [-0.05, 0) is 54.5 Å². The summed E-state index contributed by atoms with van der Waals surface area (Å²) in [5.41, 5.74) is 5.72. The van der Waals surface area contributed by atoms with Crippen molar-refractivity contribution in [1.82, 2.24) is 0 Å². The van der Waals surface area contributed by atoms with Gasteiger partial charge in [-0.1, -0.05) is 30.3 Å². The summed E-state index contributed by atoms with van der Waals surface area (Å²) in [7, 11) is 0. The molecule has 2 aromatic carbocycles. The molecule has 19 heavy (non-hydrogen) atoms. The Bertz CT molecular complexity index is 584. The Morgan fingerprint density at radius 3 is 2.79 bits per heavy atom. The highest BCUT2D eigenvalue weighted by molar-refractivity contribution is 5.52. The zero-order valence-corrected chi connectivity index (χ0v) is 11.2. The van der Waals surface area contributed by atoms with Crippen molar-refractivity contribution in [2.24, 2.45) is 0 Å². The third-order valence-corrected chi connectivity index (χ3v) is 3.85. The molecule has 2 aromatic rings. The van der Waals surface area contributed by atoms with Crippen molar-refractivity contribution in [3.05, 3.63) is 64.5 Å². The van der Waals surface area contributed by atoms with Crippen molar-refractivity contribution >= 4 is 5.69 Å². The van der Waals surface area contributed by atoms with Crippen LogP contribution in [0.3, 0.4) is 0 Å². The Morgan fingerprint density at radius 2 is 1.95 bits per heavy atom. The lowest BCUT2D eigenvalue weighted by Crippen LogP contribution is -2.03. The first-order chi connectivity index (χ1) is 9.24. The van der Waals surface area contributed by atoms with E-state index in [0.717, 1.165) is 5.56 Å². The highest BCUT2D eigenvalue weighted by Gasteiger charge is 2.11. The van der Waals surface area contributed by atoms with Gasteiger partial charge < -0.3 is 5.32 Å². The normalized spacial score (nSPS) is 13.4. The smallest absolute Gasteiger partial charge is 0.146 e. The number of fused-ring (bicyclic) bond motifs is 1. The van der Waals surface area contributed by atoms with E-state index in [0.29, 0.717) is 12.2 Å². The number of anilines is 1. The average Bonchev–Trinajstić information content (AvgIpc) is 2.85. The van der Waals surface area contributed by atoms with Gasteiger partial charge in [0, 0.05) is 6.54 Å². The summed E-state index contributed by atoms with van der Waals surface area (Å²) in [4.78, 5) is 0. The molecule has 0 saturated carbocycles. The molecular formula is C17H18FN. The third-order valence-electron chi connectivity index (χ3n) is 3.85. The average molecular weight is 255 g/mol. The predicted molar refractivity (Wildman–Crippen MR) is 76.9 cm³/mol. The third kappa shape index (κ3) is 2.48. The number of hydrogen-bond donors (Lipinski definition) is 1. The molecule has 0 heterocycles. The Labute approximate surface area is 113 Å². The van der Waals surface area contributed by atoms with Crippen LogP contribution in [0, 0.1) is 12.7 Å². The van der Waals surface area contributed by atoms with Gasteiger partial charge in [0.1, 0.15) is 5.82 Å². The molecule has 2 heteroatoms. The fourth-order valence-electron chi connectivity index (χ4n) is 2.78. The molecule has 0 radical (unpaired) electrons. The van der Waals surface area contributed by atoms with Crippen molar-refractivity contribution in [2.75, 3.05) is 5.32 Å². The molecule has 1 N–H and O–H groups in total. The van der Waals surface area contributed by atoms with Crippen LogP contribution < -0.4 is 5.32 Å². The van der Waals surface area contributed by atoms with Gasteiger partial charge in [0.2, 0.25) is 0 Å². The lowest BCUT2D eigenvalue weighted by atomic mass is 10.1.